The number of ether oxygens (including phenoxy) is 2. The molecule has 0 amide bonds. The molecular weight excluding hydrogens is 324 g/mol. The second kappa shape index (κ2) is 5.45. The van der Waals surface area contributed by atoms with Crippen LogP contribution in [0.3, 0.4) is 0 Å². The number of nitrogens with zero attached hydrogens (tertiary/aromatic N) is 3. The molecule has 1 aromatic carbocycles. The highest BCUT2D eigenvalue weighted by atomic mass is 32.1. The lowest BCUT2D eigenvalue weighted by atomic mass is 10.2. The first-order valence-corrected chi connectivity index (χ1v) is 8.64. The third-order valence-corrected chi connectivity index (χ3v) is 5.48. The highest BCUT2D eigenvalue weighted by Crippen LogP contribution is 2.39. The van der Waals surface area contributed by atoms with Gasteiger partial charge in [-0.05, 0) is 48.6 Å². The normalized spacial score (nSPS) is 15.3. The summed E-state index contributed by atoms with van der Waals surface area (Å²) < 4.78 is 10.7. The minimum Gasteiger partial charge on any atom is -0.454 e. The van der Waals surface area contributed by atoms with Crippen LogP contribution in [0.15, 0.2) is 29.6 Å². The second-order valence-corrected chi connectivity index (χ2v) is 6.83. The summed E-state index contributed by atoms with van der Waals surface area (Å²) in [4.78, 5) is 11.2. The van der Waals surface area contributed by atoms with Crippen LogP contribution in [0.1, 0.15) is 22.4 Å². The lowest BCUT2D eigenvalue weighted by Crippen LogP contribution is -1.96. The first kappa shape index (κ1) is 13.7. The van der Waals surface area contributed by atoms with Crippen molar-refractivity contribution in [2.24, 2.45) is 5.10 Å². The molecule has 1 aliphatic heterocycles. The van der Waals surface area contributed by atoms with Crippen molar-refractivity contribution in [3.8, 4) is 11.5 Å². The van der Waals surface area contributed by atoms with Gasteiger partial charge in [0.15, 0.2) is 17.3 Å². The zero-order chi connectivity index (χ0) is 15.9. The fourth-order valence-corrected chi connectivity index (χ4v) is 4.40. The van der Waals surface area contributed by atoms with Crippen molar-refractivity contribution in [3.05, 3.63) is 40.5 Å². The number of rotatable bonds is 3. The Bertz CT molecular complexity index is 967. The van der Waals surface area contributed by atoms with Crippen LogP contribution in [0.5, 0.6) is 11.5 Å². The number of benzene rings is 1. The van der Waals surface area contributed by atoms with Crippen LogP contribution in [0.2, 0.25) is 0 Å². The topological polar surface area (TPSA) is 68.6 Å². The summed E-state index contributed by atoms with van der Waals surface area (Å²) >= 11 is 1.77. The van der Waals surface area contributed by atoms with E-state index in [1.165, 1.54) is 16.9 Å². The molecule has 2 aromatic heterocycles. The SMILES string of the molecule is C(=NNc1ncnc2sc3c(c12)CCC3)c1ccc2c(c1)OCO2. The number of anilines is 1. The van der Waals surface area contributed by atoms with E-state index in [2.05, 4.69) is 20.5 Å². The summed E-state index contributed by atoms with van der Waals surface area (Å²) in [6.07, 6.45) is 6.81. The van der Waals surface area contributed by atoms with E-state index in [-0.39, 0.29) is 6.79 Å². The van der Waals surface area contributed by atoms with Crippen molar-refractivity contribution in [3.63, 3.8) is 0 Å². The standard InChI is InChI=1S/C17H14N4O2S/c1-2-11-14(3-1)24-17-15(11)16(18-8-19-17)21-20-7-10-4-5-12-13(6-10)23-9-22-12/h4-8H,1-3,9H2,(H,18,19,21). The van der Waals surface area contributed by atoms with E-state index < -0.39 is 0 Å². The van der Waals surface area contributed by atoms with Crippen LogP contribution in [0.25, 0.3) is 10.2 Å². The Labute approximate surface area is 142 Å². The monoisotopic (exact) mass is 338 g/mol. The molecule has 0 bridgehead atoms. The molecule has 24 heavy (non-hydrogen) atoms. The van der Waals surface area contributed by atoms with Gasteiger partial charge in [-0.25, -0.2) is 9.97 Å². The van der Waals surface area contributed by atoms with Crippen LogP contribution >= 0.6 is 11.3 Å². The molecule has 0 unspecified atom stereocenters. The van der Waals surface area contributed by atoms with Gasteiger partial charge in [0, 0.05) is 4.88 Å². The average Bonchev–Trinajstić information content (AvgIpc) is 3.29. The van der Waals surface area contributed by atoms with E-state index in [1.807, 2.05) is 18.2 Å². The van der Waals surface area contributed by atoms with E-state index in [4.69, 9.17) is 9.47 Å². The van der Waals surface area contributed by atoms with Crippen molar-refractivity contribution in [2.45, 2.75) is 19.3 Å². The molecular formula is C17H14N4O2S. The molecule has 120 valence electrons. The predicted octanol–water partition coefficient (Wildman–Crippen LogP) is 3.35. The molecule has 6 nitrogen and oxygen atoms in total. The maximum Gasteiger partial charge on any atom is 0.231 e. The zero-order valence-electron chi connectivity index (χ0n) is 12.8. The van der Waals surface area contributed by atoms with Gasteiger partial charge in [-0.1, -0.05) is 0 Å². The van der Waals surface area contributed by atoms with Gasteiger partial charge in [-0.2, -0.15) is 5.10 Å². The van der Waals surface area contributed by atoms with Gasteiger partial charge in [0.25, 0.3) is 0 Å². The summed E-state index contributed by atoms with van der Waals surface area (Å²) in [5.41, 5.74) is 5.40. The quantitative estimate of drug-likeness (QED) is 0.586. The third-order valence-electron chi connectivity index (χ3n) is 4.28. The summed E-state index contributed by atoms with van der Waals surface area (Å²) in [6.45, 7) is 0.274. The Balaban J connectivity index is 1.43. The highest BCUT2D eigenvalue weighted by molar-refractivity contribution is 7.19. The first-order chi connectivity index (χ1) is 11.9. The second-order valence-electron chi connectivity index (χ2n) is 5.74. The fraction of sp³-hybridized carbons (Fsp3) is 0.235. The third kappa shape index (κ3) is 2.20. The molecule has 1 aliphatic carbocycles. The number of aryl methyl sites for hydroxylation is 2. The number of hydrogen-bond donors (Lipinski definition) is 1. The fourth-order valence-electron chi connectivity index (χ4n) is 3.17. The Morgan fingerprint density at radius 1 is 1.17 bits per heavy atom. The minimum atomic E-state index is 0.274. The van der Waals surface area contributed by atoms with Crippen LogP contribution < -0.4 is 14.9 Å². The molecule has 5 rings (SSSR count). The predicted molar refractivity (Wildman–Crippen MR) is 93.2 cm³/mol. The smallest absolute Gasteiger partial charge is 0.231 e. The lowest BCUT2D eigenvalue weighted by molar-refractivity contribution is 0.174. The Kier molecular flexibility index (Phi) is 3.12. The number of hydrogen-bond acceptors (Lipinski definition) is 7. The summed E-state index contributed by atoms with van der Waals surface area (Å²) in [5, 5.41) is 5.46. The van der Waals surface area contributed by atoms with Gasteiger partial charge in [-0.3, -0.25) is 5.43 Å². The molecule has 2 aliphatic rings. The van der Waals surface area contributed by atoms with Crippen LogP contribution in [-0.4, -0.2) is 23.0 Å². The summed E-state index contributed by atoms with van der Waals surface area (Å²) in [6, 6.07) is 5.74. The summed E-state index contributed by atoms with van der Waals surface area (Å²) in [7, 11) is 0. The van der Waals surface area contributed by atoms with Crippen molar-refractivity contribution in [2.75, 3.05) is 12.2 Å². The van der Waals surface area contributed by atoms with E-state index in [9.17, 15) is 0 Å². The first-order valence-electron chi connectivity index (χ1n) is 7.82. The number of fused-ring (bicyclic) bond motifs is 4. The molecule has 0 saturated heterocycles. The van der Waals surface area contributed by atoms with Crippen molar-refractivity contribution < 1.29 is 9.47 Å². The van der Waals surface area contributed by atoms with Gasteiger partial charge >= 0.3 is 0 Å². The van der Waals surface area contributed by atoms with E-state index >= 15 is 0 Å². The van der Waals surface area contributed by atoms with E-state index in [1.54, 1.807) is 23.9 Å². The molecule has 3 aromatic rings. The summed E-state index contributed by atoms with van der Waals surface area (Å²) in [5.74, 6) is 2.29. The zero-order valence-corrected chi connectivity index (χ0v) is 13.6. The van der Waals surface area contributed by atoms with Gasteiger partial charge < -0.3 is 9.47 Å². The molecule has 0 atom stereocenters. The maximum absolute atomic E-state index is 5.38. The van der Waals surface area contributed by atoms with Gasteiger partial charge in [-0.15, -0.1) is 11.3 Å². The molecule has 1 N–H and O–H groups in total. The lowest BCUT2D eigenvalue weighted by Gasteiger charge is -2.03. The molecule has 0 fully saturated rings. The van der Waals surface area contributed by atoms with Crippen molar-refractivity contribution in [1.82, 2.24) is 9.97 Å². The number of aromatic nitrogens is 2. The minimum absolute atomic E-state index is 0.274. The molecule has 3 heterocycles. The van der Waals surface area contributed by atoms with E-state index in [0.717, 1.165) is 45.9 Å². The largest absolute Gasteiger partial charge is 0.454 e. The van der Waals surface area contributed by atoms with Crippen LogP contribution in [0.4, 0.5) is 5.82 Å². The van der Waals surface area contributed by atoms with Crippen molar-refractivity contribution in [1.29, 1.82) is 0 Å². The number of thiophene rings is 1. The van der Waals surface area contributed by atoms with E-state index in [0.29, 0.717) is 0 Å². The Hall–Kier alpha value is -2.67. The molecule has 0 radical (unpaired) electrons. The Morgan fingerprint density at radius 3 is 3.12 bits per heavy atom. The number of nitrogens with one attached hydrogen (secondary N) is 1. The van der Waals surface area contributed by atoms with Gasteiger partial charge in [0.05, 0.1) is 11.6 Å². The molecule has 0 saturated carbocycles. The number of hydrazone groups is 1. The van der Waals surface area contributed by atoms with Crippen molar-refractivity contribution >= 4 is 33.6 Å². The average molecular weight is 338 g/mol. The molecule has 7 heteroatoms. The van der Waals surface area contributed by atoms with Crippen LogP contribution in [0, 0.1) is 0 Å². The van der Waals surface area contributed by atoms with Gasteiger partial charge in [0.1, 0.15) is 11.2 Å². The van der Waals surface area contributed by atoms with Crippen LogP contribution in [-0.2, 0) is 12.8 Å². The highest BCUT2D eigenvalue weighted by Gasteiger charge is 2.21. The Morgan fingerprint density at radius 2 is 2.12 bits per heavy atom. The molecule has 0 spiro atoms. The maximum atomic E-state index is 5.38. The van der Waals surface area contributed by atoms with Gasteiger partial charge in [0.2, 0.25) is 6.79 Å².